The number of halogens is 1. The van der Waals surface area contributed by atoms with E-state index in [2.05, 4.69) is 15.1 Å². The van der Waals surface area contributed by atoms with Gasteiger partial charge in [0, 0.05) is 0 Å². The fourth-order valence-corrected chi connectivity index (χ4v) is 1.25. The Kier molecular flexibility index (Phi) is 1.67. The van der Waals surface area contributed by atoms with Crippen LogP contribution in [0.4, 0.5) is 0 Å². The molecule has 0 aliphatic carbocycles. The SMILES string of the molecule is C[I-]c1ccn[nH]1. The minimum absolute atomic E-state index is 0.229. The fraction of sp³-hybridized carbons (Fsp3) is 0.250. The summed E-state index contributed by atoms with van der Waals surface area (Å²) in [5, 5.41) is 6.68. The summed E-state index contributed by atoms with van der Waals surface area (Å²) in [6, 6.07) is 2.02. The molecule has 1 heterocycles. The number of hydrogen-bond donors (Lipinski definition) is 1. The van der Waals surface area contributed by atoms with Crippen molar-refractivity contribution in [3.63, 3.8) is 0 Å². The van der Waals surface area contributed by atoms with E-state index < -0.39 is 0 Å². The fourth-order valence-electron chi connectivity index (χ4n) is 0.344. The second kappa shape index (κ2) is 2.30. The van der Waals surface area contributed by atoms with Crippen LogP contribution in [0.1, 0.15) is 0 Å². The van der Waals surface area contributed by atoms with Crippen LogP contribution in [0, 0.1) is 3.70 Å². The zero-order chi connectivity index (χ0) is 5.11. The van der Waals surface area contributed by atoms with Crippen LogP contribution in [-0.4, -0.2) is 15.1 Å². The van der Waals surface area contributed by atoms with Crippen molar-refractivity contribution in [3.8, 4) is 0 Å². The molecule has 0 aliphatic heterocycles. The number of nitrogens with one attached hydrogen (secondary N) is 1. The number of H-pyrrole nitrogens is 1. The van der Waals surface area contributed by atoms with Gasteiger partial charge in [-0.05, 0) is 0 Å². The van der Waals surface area contributed by atoms with Crippen molar-refractivity contribution >= 4 is 0 Å². The standard InChI is InChI=1S/C4H6IN2/c1-5-4-2-3-6-7-4/h2-3H,1H3,(H,6,7)/q-1. The third kappa shape index (κ3) is 1.15. The van der Waals surface area contributed by atoms with Crippen molar-refractivity contribution in [2.24, 2.45) is 0 Å². The average molecular weight is 209 g/mol. The average Bonchev–Trinajstić information content (AvgIpc) is 2.14. The van der Waals surface area contributed by atoms with E-state index in [0.29, 0.717) is 0 Å². The quantitative estimate of drug-likeness (QED) is 0.395. The molecule has 0 bridgehead atoms. The molecule has 0 aliphatic rings. The second-order valence-corrected chi connectivity index (χ2v) is 3.33. The first kappa shape index (κ1) is 5.08. The second-order valence-electron chi connectivity index (χ2n) is 1.09. The summed E-state index contributed by atoms with van der Waals surface area (Å²) in [6.07, 6.45) is 1.79. The van der Waals surface area contributed by atoms with Gasteiger partial charge in [-0.25, -0.2) is 0 Å². The van der Waals surface area contributed by atoms with Crippen molar-refractivity contribution in [2.45, 2.75) is 0 Å². The molecule has 1 aromatic rings. The van der Waals surface area contributed by atoms with Gasteiger partial charge in [0.1, 0.15) is 0 Å². The molecular weight excluding hydrogens is 203 g/mol. The van der Waals surface area contributed by atoms with E-state index in [4.69, 9.17) is 0 Å². The van der Waals surface area contributed by atoms with Crippen molar-refractivity contribution in [3.05, 3.63) is 16.0 Å². The Morgan fingerprint density at radius 1 is 1.86 bits per heavy atom. The van der Waals surface area contributed by atoms with Crippen LogP contribution >= 0.6 is 0 Å². The molecule has 0 saturated heterocycles. The molecule has 0 spiro atoms. The van der Waals surface area contributed by atoms with Crippen molar-refractivity contribution < 1.29 is 21.2 Å². The zero-order valence-electron chi connectivity index (χ0n) is 3.98. The first-order valence-corrected chi connectivity index (χ1v) is 5.16. The maximum atomic E-state index is 3.80. The van der Waals surface area contributed by atoms with Crippen LogP contribution in [0.5, 0.6) is 0 Å². The minimum atomic E-state index is 0.229. The zero-order valence-corrected chi connectivity index (χ0v) is 6.14. The van der Waals surface area contributed by atoms with Crippen molar-refractivity contribution in [1.82, 2.24) is 10.2 Å². The molecule has 0 radical (unpaired) electrons. The first-order chi connectivity index (χ1) is 3.43. The molecule has 0 fully saturated rings. The molecule has 0 saturated carbocycles. The number of aromatic amines is 1. The molecule has 1 rings (SSSR count). The van der Waals surface area contributed by atoms with Gasteiger partial charge in [0.2, 0.25) is 0 Å². The summed E-state index contributed by atoms with van der Waals surface area (Å²) in [6.45, 7) is 0. The Labute approximate surface area is 52.6 Å². The molecular formula is C4H6IN2-. The van der Waals surface area contributed by atoms with E-state index >= 15 is 0 Å². The Hall–Kier alpha value is -0.0600. The molecule has 1 N–H and O–H groups in total. The van der Waals surface area contributed by atoms with Gasteiger partial charge in [0.25, 0.3) is 0 Å². The van der Waals surface area contributed by atoms with Crippen LogP contribution in [0.2, 0.25) is 0 Å². The Morgan fingerprint density at radius 3 is 3.00 bits per heavy atom. The Balaban J connectivity index is 2.76. The molecule has 0 unspecified atom stereocenters. The number of hydrogen-bond acceptors (Lipinski definition) is 1. The predicted octanol–water partition coefficient (Wildman–Crippen LogP) is -2.70. The number of alkyl halides is 1. The monoisotopic (exact) mass is 209 g/mol. The van der Waals surface area contributed by atoms with Gasteiger partial charge in [-0.1, -0.05) is 0 Å². The van der Waals surface area contributed by atoms with Gasteiger partial charge in [-0.15, -0.1) is 0 Å². The molecule has 1 aromatic heterocycles. The Bertz CT molecular complexity index is 124. The molecule has 0 amide bonds. The number of nitrogens with zero attached hydrogens (tertiary/aromatic N) is 1. The summed E-state index contributed by atoms with van der Waals surface area (Å²) < 4.78 is 1.30. The van der Waals surface area contributed by atoms with Gasteiger partial charge >= 0.3 is 52.3 Å². The molecule has 2 nitrogen and oxygen atoms in total. The van der Waals surface area contributed by atoms with Crippen LogP contribution in [0.25, 0.3) is 0 Å². The molecule has 0 aromatic carbocycles. The molecule has 40 valence electrons. The summed E-state index contributed by atoms with van der Waals surface area (Å²) in [5.41, 5.74) is 0. The normalized spacial score (nSPS) is 9.86. The van der Waals surface area contributed by atoms with E-state index in [-0.39, 0.29) is 21.2 Å². The molecule has 7 heavy (non-hydrogen) atoms. The predicted molar refractivity (Wildman–Crippen MR) is 23.2 cm³/mol. The summed E-state index contributed by atoms with van der Waals surface area (Å²) in [4.78, 5) is 2.20. The van der Waals surface area contributed by atoms with Crippen LogP contribution in [0.15, 0.2) is 12.3 Å². The molecule has 0 atom stereocenters. The molecule has 3 heteroatoms. The van der Waals surface area contributed by atoms with Gasteiger partial charge in [0.05, 0.1) is 0 Å². The van der Waals surface area contributed by atoms with E-state index in [1.54, 1.807) is 6.20 Å². The Morgan fingerprint density at radius 2 is 2.71 bits per heavy atom. The van der Waals surface area contributed by atoms with E-state index in [0.717, 1.165) is 0 Å². The number of aromatic nitrogens is 2. The van der Waals surface area contributed by atoms with Crippen LogP contribution in [0.3, 0.4) is 0 Å². The summed E-state index contributed by atoms with van der Waals surface area (Å²) in [5.74, 6) is 0. The first-order valence-electron chi connectivity index (χ1n) is 1.92. The van der Waals surface area contributed by atoms with Crippen molar-refractivity contribution in [1.29, 1.82) is 0 Å². The summed E-state index contributed by atoms with van der Waals surface area (Å²) in [7, 11) is 0. The topological polar surface area (TPSA) is 28.7 Å². The van der Waals surface area contributed by atoms with Gasteiger partial charge in [-0.2, -0.15) is 0 Å². The van der Waals surface area contributed by atoms with E-state index in [1.807, 2.05) is 6.07 Å². The van der Waals surface area contributed by atoms with Crippen molar-refractivity contribution in [2.75, 3.05) is 4.93 Å². The van der Waals surface area contributed by atoms with Crippen LogP contribution < -0.4 is 21.2 Å². The van der Waals surface area contributed by atoms with Crippen LogP contribution in [-0.2, 0) is 0 Å². The third-order valence-electron chi connectivity index (χ3n) is 0.670. The number of rotatable bonds is 1. The van der Waals surface area contributed by atoms with Gasteiger partial charge in [0.15, 0.2) is 0 Å². The van der Waals surface area contributed by atoms with E-state index in [9.17, 15) is 0 Å². The van der Waals surface area contributed by atoms with Gasteiger partial charge < -0.3 is 0 Å². The summed E-state index contributed by atoms with van der Waals surface area (Å²) >= 11 is 0.229. The maximum absolute atomic E-state index is 3.80. The third-order valence-corrected chi connectivity index (χ3v) is 2.43. The van der Waals surface area contributed by atoms with Gasteiger partial charge in [-0.3, -0.25) is 0 Å². The van der Waals surface area contributed by atoms with E-state index in [1.165, 1.54) is 3.70 Å².